The van der Waals surface area contributed by atoms with E-state index in [1.165, 1.54) is 0 Å². The van der Waals surface area contributed by atoms with Crippen LogP contribution in [0.2, 0.25) is 0 Å². The van der Waals surface area contributed by atoms with Crippen LogP contribution in [0.5, 0.6) is 11.5 Å². The number of ether oxygens (including phenoxy) is 1. The lowest BCUT2D eigenvalue weighted by Gasteiger charge is -2.09. The Labute approximate surface area is 127 Å². The van der Waals surface area contributed by atoms with Gasteiger partial charge in [-0.1, -0.05) is 38.8 Å². The maximum atomic E-state index is 11.7. The van der Waals surface area contributed by atoms with Crippen molar-refractivity contribution in [2.24, 2.45) is 0 Å². The zero-order valence-electron chi connectivity index (χ0n) is 13.1. The number of benzene rings is 1. The zero-order valence-corrected chi connectivity index (χ0v) is 13.1. The number of aryl methyl sites for hydroxylation is 1. The molecule has 0 spiro atoms. The first-order valence-corrected chi connectivity index (χ1v) is 7.81. The van der Waals surface area contributed by atoms with Gasteiger partial charge in [0.15, 0.2) is 17.3 Å². The number of carbonyl (C=O) groups is 1. The average Bonchev–Trinajstić information content (AvgIpc) is 2.48. The second kappa shape index (κ2) is 10.0. The van der Waals surface area contributed by atoms with Gasteiger partial charge in [-0.25, -0.2) is 0 Å². The van der Waals surface area contributed by atoms with Crippen molar-refractivity contribution in [1.82, 2.24) is 0 Å². The van der Waals surface area contributed by atoms with Crippen LogP contribution < -0.4 is 4.74 Å². The molecule has 0 saturated heterocycles. The minimum Gasteiger partial charge on any atom is -0.504 e. The Hall–Kier alpha value is -1.77. The fraction of sp³-hybridized carbons (Fsp3) is 0.500. The Morgan fingerprint density at radius 3 is 2.81 bits per heavy atom. The molecule has 0 aliphatic rings. The minimum atomic E-state index is 0.143. The van der Waals surface area contributed by atoms with Crippen LogP contribution in [-0.2, 0) is 11.2 Å². The van der Waals surface area contributed by atoms with Crippen molar-refractivity contribution < 1.29 is 14.6 Å². The molecule has 0 aliphatic heterocycles. The fourth-order valence-corrected chi connectivity index (χ4v) is 1.89. The summed E-state index contributed by atoms with van der Waals surface area (Å²) >= 11 is 0. The third-order valence-corrected chi connectivity index (χ3v) is 3.20. The predicted molar refractivity (Wildman–Crippen MR) is 85.9 cm³/mol. The second-order valence-electron chi connectivity index (χ2n) is 5.16. The Kier molecular flexibility index (Phi) is 8.25. The van der Waals surface area contributed by atoms with Crippen LogP contribution in [-0.4, -0.2) is 17.5 Å². The van der Waals surface area contributed by atoms with Crippen LogP contribution in [0.15, 0.2) is 30.4 Å². The molecule has 1 rings (SSSR count). The average molecular weight is 290 g/mol. The third-order valence-electron chi connectivity index (χ3n) is 3.20. The van der Waals surface area contributed by atoms with E-state index in [1.54, 1.807) is 12.1 Å². The van der Waals surface area contributed by atoms with Crippen LogP contribution in [0.4, 0.5) is 0 Å². The van der Waals surface area contributed by atoms with Crippen LogP contribution in [0.25, 0.3) is 0 Å². The lowest BCUT2D eigenvalue weighted by atomic mass is 10.1. The number of unbranched alkanes of at least 4 members (excludes halogenated alkanes) is 2. The molecule has 0 amide bonds. The van der Waals surface area contributed by atoms with Gasteiger partial charge in [0.1, 0.15) is 0 Å². The molecule has 0 saturated carbocycles. The first-order chi connectivity index (χ1) is 10.2. The van der Waals surface area contributed by atoms with E-state index in [0.29, 0.717) is 25.2 Å². The van der Waals surface area contributed by atoms with Crippen molar-refractivity contribution in [2.45, 2.75) is 52.4 Å². The number of hydrogen-bond donors (Lipinski definition) is 1. The zero-order chi connectivity index (χ0) is 15.5. The molecule has 0 atom stereocenters. The van der Waals surface area contributed by atoms with Crippen molar-refractivity contribution in [2.75, 3.05) is 6.61 Å². The van der Waals surface area contributed by atoms with Crippen molar-refractivity contribution >= 4 is 5.78 Å². The first kappa shape index (κ1) is 17.3. The molecule has 0 unspecified atom stereocenters. The van der Waals surface area contributed by atoms with Gasteiger partial charge in [0.05, 0.1) is 6.61 Å². The summed E-state index contributed by atoms with van der Waals surface area (Å²) in [6.07, 6.45) is 8.77. The van der Waals surface area contributed by atoms with Crippen LogP contribution in [0.1, 0.15) is 51.5 Å². The van der Waals surface area contributed by atoms with E-state index in [-0.39, 0.29) is 11.5 Å². The Bertz CT molecular complexity index is 464. The van der Waals surface area contributed by atoms with Gasteiger partial charge in [0.25, 0.3) is 0 Å². The van der Waals surface area contributed by atoms with Gasteiger partial charge in [0.2, 0.25) is 0 Å². The molecule has 0 radical (unpaired) electrons. The Morgan fingerprint density at radius 1 is 1.29 bits per heavy atom. The summed E-state index contributed by atoms with van der Waals surface area (Å²) in [5, 5.41) is 9.75. The Balaban J connectivity index is 2.51. The topological polar surface area (TPSA) is 46.5 Å². The van der Waals surface area contributed by atoms with E-state index in [9.17, 15) is 9.90 Å². The molecule has 0 fully saturated rings. The molecule has 0 aromatic heterocycles. The summed E-state index contributed by atoms with van der Waals surface area (Å²) in [5.74, 6) is 0.809. The van der Waals surface area contributed by atoms with Gasteiger partial charge in [-0.05, 0) is 43.0 Å². The van der Waals surface area contributed by atoms with E-state index in [1.807, 2.05) is 18.2 Å². The summed E-state index contributed by atoms with van der Waals surface area (Å²) < 4.78 is 5.56. The largest absolute Gasteiger partial charge is 0.504 e. The number of phenols is 1. The van der Waals surface area contributed by atoms with Crippen molar-refractivity contribution in [3.8, 4) is 11.5 Å². The SMILES string of the molecule is CCCC=CC(=O)CCc1ccc(O)c(OCCCC)c1. The van der Waals surface area contributed by atoms with Crippen LogP contribution in [0, 0.1) is 0 Å². The number of carbonyl (C=O) groups excluding carboxylic acids is 1. The monoisotopic (exact) mass is 290 g/mol. The van der Waals surface area contributed by atoms with Crippen molar-refractivity contribution in [3.05, 3.63) is 35.9 Å². The molecule has 1 N–H and O–H groups in total. The fourth-order valence-electron chi connectivity index (χ4n) is 1.89. The summed E-state index contributed by atoms with van der Waals surface area (Å²) in [6.45, 7) is 4.79. The standard InChI is InChI=1S/C18H26O3/c1-3-5-7-8-16(19)11-9-15-10-12-17(20)18(14-15)21-13-6-4-2/h7-8,10,12,14,20H,3-6,9,11,13H2,1-2H3. The molecule has 1 aromatic rings. The lowest BCUT2D eigenvalue weighted by Crippen LogP contribution is -1.99. The molecule has 3 nitrogen and oxygen atoms in total. The normalized spacial score (nSPS) is 11.0. The van der Waals surface area contributed by atoms with Gasteiger partial charge in [-0.15, -0.1) is 0 Å². The van der Waals surface area contributed by atoms with Crippen LogP contribution >= 0.6 is 0 Å². The van der Waals surface area contributed by atoms with E-state index >= 15 is 0 Å². The molecule has 116 valence electrons. The van der Waals surface area contributed by atoms with Gasteiger partial charge in [0, 0.05) is 6.42 Å². The second-order valence-corrected chi connectivity index (χ2v) is 5.16. The first-order valence-electron chi connectivity index (χ1n) is 7.81. The Morgan fingerprint density at radius 2 is 2.10 bits per heavy atom. The lowest BCUT2D eigenvalue weighted by molar-refractivity contribution is -0.114. The summed E-state index contributed by atoms with van der Waals surface area (Å²) in [6, 6.07) is 5.30. The highest BCUT2D eigenvalue weighted by Crippen LogP contribution is 2.27. The molecular formula is C18H26O3. The number of hydrogen-bond acceptors (Lipinski definition) is 3. The third kappa shape index (κ3) is 6.98. The van der Waals surface area contributed by atoms with Crippen molar-refractivity contribution in [1.29, 1.82) is 0 Å². The maximum Gasteiger partial charge on any atom is 0.161 e. The molecule has 1 aromatic carbocycles. The van der Waals surface area contributed by atoms with Gasteiger partial charge < -0.3 is 9.84 Å². The summed E-state index contributed by atoms with van der Waals surface area (Å²) in [7, 11) is 0. The van der Waals surface area contributed by atoms with E-state index in [0.717, 1.165) is 31.2 Å². The van der Waals surface area contributed by atoms with E-state index in [4.69, 9.17) is 4.74 Å². The van der Waals surface area contributed by atoms with Gasteiger partial charge in [-0.2, -0.15) is 0 Å². The summed E-state index contributed by atoms with van der Waals surface area (Å²) in [5.41, 5.74) is 1.01. The predicted octanol–water partition coefficient (Wildman–Crippen LogP) is 4.43. The summed E-state index contributed by atoms with van der Waals surface area (Å²) in [4.78, 5) is 11.7. The smallest absolute Gasteiger partial charge is 0.161 e. The van der Waals surface area contributed by atoms with E-state index in [2.05, 4.69) is 13.8 Å². The molecule has 21 heavy (non-hydrogen) atoms. The molecule has 0 aliphatic carbocycles. The molecule has 3 heteroatoms. The highest BCUT2D eigenvalue weighted by atomic mass is 16.5. The van der Waals surface area contributed by atoms with Gasteiger partial charge >= 0.3 is 0 Å². The maximum absolute atomic E-state index is 11.7. The number of allylic oxidation sites excluding steroid dienone is 2. The molecular weight excluding hydrogens is 264 g/mol. The number of phenolic OH excluding ortho intramolecular Hbond substituents is 1. The van der Waals surface area contributed by atoms with Crippen LogP contribution in [0.3, 0.4) is 0 Å². The minimum absolute atomic E-state index is 0.143. The quantitative estimate of drug-likeness (QED) is 0.512. The highest BCUT2D eigenvalue weighted by molar-refractivity contribution is 5.89. The molecule has 0 bridgehead atoms. The molecule has 0 heterocycles. The number of aromatic hydroxyl groups is 1. The van der Waals surface area contributed by atoms with E-state index < -0.39 is 0 Å². The van der Waals surface area contributed by atoms with Crippen molar-refractivity contribution in [3.63, 3.8) is 0 Å². The van der Waals surface area contributed by atoms with Gasteiger partial charge in [-0.3, -0.25) is 4.79 Å². The highest BCUT2D eigenvalue weighted by Gasteiger charge is 2.05. The number of rotatable bonds is 10. The number of ketones is 1.